The second kappa shape index (κ2) is 4.35. The van der Waals surface area contributed by atoms with Gasteiger partial charge in [0.25, 0.3) is 0 Å². The SMILES string of the molecule is C[C@H]1OCCN(C(=O)C2=CCCC2)[C@H]1C. The third-order valence-corrected chi connectivity index (χ3v) is 3.46. The van der Waals surface area contributed by atoms with Gasteiger partial charge >= 0.3 is 0 Å². The van der Waals surface area contributed by atoms with Gasteiger partial charge in [-0.15, -0.1) is 0 Å². The number of ether oxygens (including phenoxy) is 1. The molecule has 1 aliphatic carbocycles. The van der Waals surface area contributed by atoms with Crippen LogP contribution in [0.5, 0.6) is 0 Å². The van der Waals surface area contributed by atoms with E-state index in [1.54, 1.807) is 0 Å². The molecular weight excluding hydrogens is 190 g/mol. The minimum atomic E-state index is 0.157. The predicted octanol–water partition coefficient (Wildman–Crippen LogP) is 1.73. The van der Waals surface area contributed by atoms with Gasteiger partial charge in [-0.3, -0.25) is 4.79 Å². The van der Waals surface area contributed by atoms with Crippen molar-refractivity contribution in [2.45, 2.75) is 45.3 Å². The minimum Gasteiger partial charge on any atom is -0.375 e. The lowest BCUT2D eigenvalue weighted by Crippen LogP contribution is -2.51. The molecule has 0 aromatic carbocycles. The molecule has 1 saturated heterocycles. The Morgan fingerprint density at radius 3 is 3.00 bits per heavy atom. The van der Waals surface area contributed by atoms with Crippen molar-refractivity contribution in [1.82, 2.24) is 4.90 Å². The van der Waals surface area contributed by atoms with Gasteiger partial charge in [0.2, 0.25) is 5.91 Å². The summed E-state index contributed by atoms with van der Waals surface area (Å²) in [6.07, 6.45) is 5.40. The first-order valence-corrected chi connectivity index (χ1v) is 5.82. The average Bonchev–Trinajstić information content (AvgIpc) is 2.74. The van der Waals surface area contributed by atoms with Crippen LogP contribution in [0.25, 0.3) is 0 Å². The highest BCUT2D eigenvalue weighted by Crippen LogP contribution is 2.23. The zero-order valence-corrected chi connectivity index (χ0v) is 9.53. The molecule has 0 saturated carbocycles. The number of hydrogen-bond donors (Lipinski definition) is 0. The number of allylic oxidation sites excluding steroid dienone is 1. The van der Waals surface area contributed by atoms with E-state index >= 15 is 0 Å². The maximum absolute atomic E-state index is 12.2. The Bertz CT molecular complexity index is 285. The molecule has 1 aliphatic heterocycles. The largest absolute Gasteiger partial charge is 0.375 e. The number of hydrogen-bond acceptors (Lipinski definition) is 2. The van der Waals surface area contributed by atoms with Gasteiger partial charge < -0.3 is 9.64 Å². The van der Waals surface area contributed by atoms with Crippen molar-refractivity contribution in [3.8, 4) is 0 Å². The molecule has 0 bridgehead atoms. The lowest BCUT2D eigenvalue weighted by atomic mass is 10.1. The van der Waals surface area contributed by atoms with Gasteiger partial charge in [-0.1, -0.05) is 6.08 Å². The molecule has 0 radical (unpaired) electrons. The first-order chi connectivity index (χ1) is 7.20. The highest BCUT2D eigenvalue weighted by molar-refractivity contribution is 5.94. The van der Waals surface area contributed by atoms with E-state index in [0.29, 0.717) is 6.61 Å². The molecule has 3 nitrogen and oxygen atoms in total. The molecule has 2 rings (SSSR count). The molecule has 0 aromatic rings. The fourth-order valence-electron chi connectivity index (χ4n) is 2.27. The minimum absolute atomic E-state index is 0.157. The van der Waals surface area contributed by atoms with E-state index in [1.165, 1.54) is 0 Å². The summed E-state index contributed by atoms with van der Waals surface area (Å²) < 4.78 is 5.52. The van der Waals surface area contributed by atoms with Gasteiger partial charge in [0.15, 0.2) is 0 Å². The molecule has 2 atom stereocenters. The summed E-state index contributed by atoms with van der Waals surface area (Å²) in [5.74, 6) is 0.232. The van der Waals surface area contributed by atoms with E-state index in [9.17, 15) is 4.79 Å². The first kappa shape index (κ1) is 10.7. The molecule has 1 fully saturated rings. The molecule has 1 amide bonds. The Kier molecular flexibility index (Phi) is 3.10. The molecule has 0 aromatic heterocycles. The Balaban J connectivity index is 2.05. The normalized spacial score (nSPS) is 31.6. The Morgan fingerprint density at radius 1 is 1.53 bits per heavy atom. The van der Waals surface area contributed by atoms with E-state index < -0.39 is 0 Å². The second-order valence-corrected chi connectivity index (χ2v) is 4.44. The van der Waals surface area contributed by atoms with Crippen LogP contribution in [-0.2, 0) is 9.53 Å². The Hall–Kier alpha value is -0.830. The van der Waals surface area contributed by atoms with Crippen LogP contribution in [0.1, 0.15) is 33.1 Å². The van der Waals surface area contributed by atoms with E-state index in [1.807, 2.05) is 11.8 Å². The smallest absolute Gasteiger partial charge is 0.249 e. The van der Waals surface area contributed by atoms with Crippen molar-refractivity contribution in [1.29, 1.82) is 0 Å². The molecule has 3 heteroatoms. The van der Waals surface area contributed by atoms with Crippen LogP contribution in [0.4, 0.5) is 0 Å². The molecule has 1 heterocycles. The maximum Gasteiger partial charge on any atom is 0.249 e. The third kappa shape index (κ3) is 2.07. The summed E-state index contributed by atoms with van der Waals surface area (Å²) >= 11 is 0. The predicted molar refractivity (Wildman–Crippen MR) is 58.5 cm³/mol. The van der Waals surface area contributed by atoms with Crippen LogP contribution < -0.4 is 0 Å². The van der Waals surface area contributed by atoms with Gasteiger partial charge in [0.1, 0.15) is 0 Å². The van der Waals surface area contributed by atoms with Crippen molar-refractivity contribution >= 4 is 5.91 Å². The number of amides is 1. The highest BCUT2D eigenvalue weighted by atomic mass is 16.5. The summed E-state index contributed by atoms with van der Waals surface area (Å²) in [5.41, 5.74) is 1.01. The van der Waals surface area contributed by atoms with Crippen LogP contribution in [0.3, 0.4) is 0 Å². The third-order valence-electron chi connectivity index (χ3n) is 3.46. The zero-order valence-electron chi connectivity index (χ0n) is 9.53. The molecular formula is C12H19NO2. The molecule has 84 valence electrons. The van der Waals surface area contributed by atoms with Crippen LogP contribution in [0, 0.1) is 0 Å². The lowest BCUT2D eigenvalue weighted by Gasteiger charge is -2.38. The van der Waals surface area contributed by atoms with E-state index in [4.69, 9.17) is 4.74 Å². The molecule has 15 heavy (non-hydrogen) atoms. The van der Waals surface area contributed by atoms with Crippen LogP contribution in [0.15, 0.2) is 11.6 Å². The monoisotopic (exact) mass is 209 g/mol. The van der Waals surface area contributed by atoms with Gasteiger partial charge in [-0.05, 0) is 33.1 Å². The topological polar surface area (TPSA) is 29.5 Å². The van der Waals surface area contributed by atoms with Gasteiger partial charge in [0.05, 0.1) is 18.8 Å². The number of carbonyl (C=O) groups is 1. The van der Waals surface area contributed by atoms with E-state index in [2.05, 4.69) is 13.0 Å². The van der Waals surface area contributed by atoms with Gasteiger partial charge in [-0.25, -0.2) is 0 Å². The molecule has 2 aliphatic rings. The number of carbonyl (C=O) groups excluding carboxylic acids is 1. The summed E-state index contributed by atoms with van der Waals surface area (Å²) in [4.78, 5) is 14.1. The molecule has 0 unspecified atom stereocenters. The fourth-order valence-corrected chi connectivity index (χ4v) is 2.27. The quantitative estimate of drug-likeness (QED) is 0.658. The first-order valence-electron chi connectivity index (χ1n) is 5.82. The summed E-state index contributed by atoms with van der Waals surface area (Å²) in [7, 11) is 0. The van der Waals surface area contributed by atoms with Crippen LogP contribution >= 0.6 is 0 Å². The van der Waals surface area contributed by atoms with Crippen LogP contribution in [-0.4, -0.2) is 36.1 Å². The van der Waals surface area contributed by atoms with Crippen molar-refractivity contribution < 1.29 is 9.53 Å². The molecule has 0 spiro atoms. The van der Waals surface area contributed by atoms with E-state index in [0.717, 1.165) is 31.4 Å². The Labute approximate surface area is 91.1 Å². The summed E-state index contributed by atoms with van der Waals surface area (Å²) in [5, 5.41) is 0. The standard InChI is InChI=1S/C12H19NO2/c1-9-10(2)15-8-7-13(9)12(14)11-5-3-4-6-11/h5,9-10H,3-4,6-8H2,1-2H3/t9-,10+/m0/s1. The summed E-state index contributed by atoms with van der Waals surface area (Å²) in [6.45, 7) is 5.51. The second-order valence-electron chi connectivity index (χ2n) is 4.44. The van der Waals surface area contributed by atoms with Gasteiger partial charge in [-0.2, -0.15) is 0 Å². The zero-order chi connectivity index (χ0) is 10.8. The number of rotatable bonds is 1. The van der Waals surface area contributed by atoms with Crippen molar-refractivity contribution in [2.75, 3.05) is 13.2 Å². The van der Waals surface area contributed by atoms with Gasteiger partial charge in [0, 0.05) is 12.1 Å². The average molecular weight is 209 g/mol. The maximum atomic E-state index is 12.2. The highest BCUT2D eigenvalue weighted by Gasteiger charge is 2.30. The van der Waals surface area contributed by atoms with Crippen molar-refractivity contribution in [3.05, 3.63) is 11.6 Å². The van der Waals surface area contributed by atoms with Crippen LogP contribution in [0.2, 0.25) is 0 Å². The Morgan fingerprint density at radius 2 is 2.33 bits per heavy atom. The van der Waals surface area contributed by atoms with E-state index in [-0.39, 0.29) is 18.1 Å². The van der Waals surface area contributed by atoms with Crippen molar-refractivity contribution in [2.24, 2.45) is 0 Å². The summed E-state index contributed by atoms with van der Waals surface area (Å²) in [6, 6.07) is 0.202. The number of morpholine rings is 1. The number of nitrogens with zero attached hydrogens (tertiary/aromatic N) is 1. The van der Waals surface area contributed by atoms with Crippen molar-refractivity contribution in [3.63, 3.8) is 0 Å². The lowest BCUT2D eigenvalue weighted by molar-refractivity contribution is -0.139. The molecule has 0 N–H and O–H groups in total. The fraction of sp³-hybridized carbons (Fsp3) is 0.750.